The summed E-state index contributed by atoms with van der Waals surface area (Å²) in [4.78, 5) is 17.8. The van der Waals surface area contributed by atoms with Crippen LogP contribution in [0.15, 0.2) is 24.3 Å². The molecule has 2 atom stereocenters. The minimum atomic E-state index is -0.484. The molecule has 25 heavy (non-hydrogen) atoms. The summed E-state index contributed by atoms with van der Waals surface area (Å²) >= 11 is 0. The van der Waals surface area contributed by atoms with E-state index in [1.165, 1.54) is 11.1 Å². The summed E-state index contributed by atoms with van der Waals surface area (Å²) in [6.45, 7) is 7.34. The van der Waals surface area contributed by atoms with Crippen LogP contribution >= 0.6 is 0 Å². The summed E-state index contributed by atoms with van der Waals surface area (Å²) in [7, 11) is 4.05. The Kier molecular flexibility index (Phi) is 5.46. The van der Waals surface area contributed by atoms with E-state index >= 15 is 0 Å². The number of likely N-dealkylation sites (N-methyl/N-ethyl adjacent to an activating group) is 1. The lowest BCUT2D eigenvalue weighted by atomic mass is 9.90. The van der Waals surface area contributed by atoms with E-state index in [1.54, 1.807) is 0 Å². The van der Waals surface area contributed by atoms with Crippen molar-refractivity contribution in [2.75, 3.05) is 40.3 Å². The number of nitrogens with one attached hydrogen (secondary N) is 1. The molecule has 1 fully saturated rings. The summed E-state index contributed by atoms with van der Waals surface area (Å²) in [6.07, 6.45) is 1.88. The molecule has 0 aromatic heterocycles. The van der Waals surface area contributed by atoms with E-state index in [0.29, 0.717) is 6.54 Å². The Hall–Kier alpha value is -1.43. The molecular formula is C20H31N3O2. The summed E-state index contributed by atoms with van der Waals surface area (Å²) in [5, 5.41) is 3.20. The highest BCUT2D eigenvalue weighted by Crippen LogP contribution is 2.36. The van der Waals surface area contributed by atoms with E-state index < -0.39 is 5.54 Å². The van der Waals surface area contributed by atoms with E-state index in [2.05, 4.69) is 53.2 Å². The quantitative estimate of drug-likeness (QED) is 0.874. The van der Waals surface area contributed by atoms with Crippen LogP contribution in [0.3, 0.4) is 0 Å². The fourth-order valence-corrected chi connectivity index (χ4v) is 4.21. The van der Waals surface area contributed by atoms with Gasteiger partial charge in [0, 0.05) is 39.0 Å². The Morgan fingerprint density at radius 2 is 1.76 bits per heavy atom. The van der Waals surface area contributed by atoms with Gasteiger partial charge in [-0.1, -0.05) is 24.3 Å². The van der Waals surface area contributed by atoms with Crippen LogP contribution < -0.4 is 5.32 Å². The zero-order chi connectivity index (χ0) is 18.0. The highest BCUT2D eigenvalue weighted by Gasteiger charge is 2.49. The van der Waals surface area contributed by atoms with Gasteiger partial charge in [0.2, 0.25) is 5.91 Å². The Morgan fingerprint density at radius 1 is 1.20 bits per heavy atom. The van der Waals surface area contributed by atoms with Gasteiger partial charge in [-0.2, -0.15) is 0 Å². The lowest BCUT2D eigenvalue weighted by Crippen LogP contribution is -2.64. The van der Waals surface area contributed by atoms with Crippen LogP contribution in [0.1, 0.15) is 25.0 Å². The van der Waals surface area contributed by atoms with E-state index in [-0.39, 0.29) is 18.1 Å². The topological polar surface area (TPSA) is 44.8 Å². The molecule has 5 heteroatoms. The van der Waals surface area contributed by atoms with Gasteiger partial charge >= 0.3 is 0 Å². The van der Waals surface area contributed by atoms with E-state index in [4.69, 9.17) is 4.74 Å². The lowest BCUT2D eigenvalue weighted by Gasteiger charge is -2.45. The van der Waals surface area contributed by atoms with Crippen molar-refractivity contribution in [1.82, 2.24) is 15.1 Å². The number of hydrogen-bond donors (Lipinski definition) is 1. The Labute approximate surface area is 151 Å². The van der Waals surface area contributed by atoms with Crippen molar-refractivity contribution >= 4 is 5.91 Å². The molecule has 2 aliphatic rings. The van der Waals surface area contributed by atoms with Gasteiger partial charge < -0.3 is 15.0 Å². The minimum absolute atomic E-state index is 0.152. The van der Waals surface area contributed by atoms with Gasteiger partial charge in [-0.05, 0) is 39.1 Å². The summed E-state index contributed by atoms with van der Waals surface area (Å²) in [5.41, 5.74) is 2.12. The number of nitrogens with zero attached hydrogens (tertiary/aromatic N) is 2. The largest absolute Gasteiger partial charge is 0.373 e. The van der Waals surface area contributed by atoms with E-state index in [9.17, 15) is 4.79 Å². The molecule has 0 unspecified atom stereocenters. The number of hydrogen-bond acceptors (Lipinski definition) is 4. The first-order valence-electron chi connectivity index (χ1n) is 9.31. The zero-order valence-corrected chi connectivity index (χ0v) is 15.9. The second-order valence-corrected chi connectivity index (χ2v) is 7.88. The van der Waals surface area contributed by atoms with Crippen LogP contribution in [0.25, 0.3) is 0 Å². The van der Waals surface area contributed by atoms with Gasteiger partial charge in [0.1, 0.15) is 5.54 Å². The standard InChI is InChI=1S/C20H31N3O2/c1-15-13-23(14-16(2)25-15)20(19(24)21-9-10-22(3)4)11-17-7-5-6-8-18(17)12-20/h5-8,15-16H,9-14H2,1-4H3,(H,21,24)/t15-,16+. The van der Waals surface area contributed by atoms with Crippen LogP contribution in [0.4, 0.5) is 0 Å². The van der Waals surface area contributed by atoms with Crippen LogP contribution in [0.2, 0.25) is 0 Å². The fraction of sp³-hybridized carbons (Fsp3) is 0.650. The molecule has 138 valence electrons. The monoisotopic (exact) mass is 345 g/mol. The first-order valence-corrected chi connectivity index (χ1v) is 9.31. The molecule has 1 N–H and O–H groups in total. The van der Waals surface area contributed by atoms with Crippen LogP contribution in [0.5, 0.6) is 0 Å². The normalized spacial score (nSPS) is 25.8. The van der Waals surface area contributed by atoms with Gasteiger partial charge in [0.15, 0.2) is 0 Å². The molecule has 3 rings (SSSR count). The SMILES string of the molecule is C[C@@H]1CN(C2(C(=O)NCCN(C)C)Cc3ccccc3C2)C[C@H](C)O1. The molecule has 1 aromatic rings. The van der Waals surface area contributed by atoms with Crippen molar-refractivity contribution in [3.63, 3.8) is 0 Å². The molecule has 0 radical (unpaired) electrons. The molecule has 1 aliphatic carbocycles. The van der Waals surface area contributed by atoms with E-state index in [0.717, 1.165) is 32.5 Å². The number of amides is 1. The number of ether oxygens (including phenoxy) is 1. The molecule has 0 spiro atoms. The maximum absolute atomic E-state index is 13.3. The smallest absolute Gasteiger partial charge is 0.241 e. The number of carbonyl (C=O) groups is 1. The number of carbonyl (C=O) groups excluding carboxylic acids is 1. The molecular weight excluding hydrogens is 314 g/mol. The number of rotatable bonds is 5. The van der Waals surface area contributed by atoms with Crippen molar-refractivity contribution in [2.45, 2.75) is 44.4 Å². The zero-order valence-electron chi connectivity index (χ0n) is 15.9. The first kappa shape index (κ1) is 18.4. The minimum Gasteiger partial charge on any atom is -0.373 e. The summed E-state index contributed by atoms with van der Waals surface area (Å²) in [6, 6.07) is 8.47. The third-order valence-corrected chi connectivity index (χ3v) is 5.38. The predicted octanol–water partition coefficient (Wildman–Crippen LogP) is 1.31. The highest BCUT2D eigenvalue weighted by molar-refractivity contribution is 5.88. The molecule has 0 saturated carbocycles. The third kappa shape index (κ3) is 3.89. The lowest BCUT2D eigenvalue weighted by molar-refractivity contribution is -0.144. The summed E-state index contributed by atoms with van der Waals surface area (Å²) < 4.78 is 5.91. The van der Waals surface area contributed by atoms with E-state index in [1.807, 2.05) is 14.1 Å². The van der Waals surface area contributed by atoms with Crippen molar-refractivity contribution in [3.05, 3.63) is 35.4 Å². The molecule has 1 saturated heterocycles. The number of morpholine rings is 1. The Bertz CT molecular complexity index is 582. The molecule has 1 aromatic carbocycles. The van der Waals surface area contributed by atoms with Gasteiger partial charge in [-0.25, -0.2) is 0 Å². The van der Waals surface area contributed by atoms with Crippen molar-refractivity contribution in [1.29, 1.82) is 0 Å². The molecule has 5 nitrogen and oxygen atoms in total. The Morgan fingerprint density at radius 3 is 2.28 bits per heavy atom. The molecule has 1 aliphatic heterocycles. The average Bonchev–Trinajstić information content (AvgIpc) is 2.94. The van der Waals surface area contributed by atoms with Crippen LogP contribution in [0, 0.1) is 0 Å². The van der Waals surface area contributed by atoms with Gasteiger partial charge in [-0.15, -0.1) is 0 Å². The van der Waals surface area contributed by atoms with Gasteiger partial charge in [0.25, 0.3) is 0 Å². The number of benzene rings is 1. The summed E-state index contributed by atoms with van der Waals surface area (Å²) in [5.74, 6) is 0.159. The second-order valence-electron chi connectivity index (χ2n) is 7.88. The van der Waals surface area contributed by atoms with Crippen LogP contribution in [-0.2, 0) is 22.4 Å². The maximum Gasteiger partial charge on any atom is 0.241 e. The van der Waals surface area contributed by atoms with Crippen LogP contribution in [-0.4, -0.2) is 73.7 Å². The molecule has 1 heterocycles. The van der Waals surface area contributed by atoms with Crippen molar-refractivity contribution < 1.29 is 9.53 Å². The number of fused-ring (bicyclic) bond motifs is 1. The van der Waals surface area contributed by atoms with Gasteiger partial charge in [0.05, 0.1) is 12.2 Å². The predicted molar refractivity (Wildman–Crippen MR) is 99.7 cm³/mol. The van der Waals surface area contributed by atoms with Crippen molar-refractivity contribution in [3.8, 4) is 0 Å². The second kappa shape index (κ2) is 7.44. The van der Waals surface area contributed by atoms with Gasteiger partial charge in [-0.3, -0.25) is 9.69 Å². The molecule has 0 bridgehead atoms. The average molecular weight is 345 g/mol. The fourth-order valence-electron chi connectivity index (χ4n) is 4.21. The Balaban J connectivity index is 1.83. The molecule has 1 amide bonds. The highest BCUT2D eigenvalue weighted by atomic mass is 16.5. The third-order valence-electron chi connectivity index (χ3n) is 5.38. The van der Waals surface area contributed by atoms with Crippen molar-refractivity contribution in [2.24, 2.45) is 0 Å². The maximum atomic E-state index is 13.3. The first-order chi connectivity index (χ1) is 11.9.